The largest absolute Gasteiger partial charge is 0.233 e. The van der Waals surface area contributed by atoms with Crippen LogP contribution in [0.15, 0.2) is 30.3 Å². The topological polar surface area (TPSA) is 25.8 Å². The number of hydrogen-bond acceptors (Lipinski definition) is 2. The Bertz CT molecular complexity index is 559. The van der Waals surface area contributed by atoms with E-state index in [1.807, 2.05) is 6.07 Å². The average Bonchev–Trinajstić information content (AvgIpc) is 2.38. The molecule has 0 atom stereocenters. The summed E-state index contributed by atoms with van der Waals surface area (Å²) in [6.45, 7) is 8.57. The van der Waals surface area contributed by atoms with Crippen LogP contribution in [-0.2, 0) is 0 Å². The summed E-state index contributed by atoms with van der Waals surface area (Å²) in [7, 11) is 0. The van der Waals surface area contributed by atoms with Gasteiger partial charge in [0.2, 0.25) is 0 Å². The van der Waals surface area contributed by atoms with Crippen LogP contribution in [0, 0.1) is 0 Å². The Morgan fingerprint density at radius 2 is 1.53 bits per heavy atom. The highest BCUT2D eigenvalue weighted by atomic mass is 35.5. The first-order valence-corrected chi connectivity index (χ1v) is 7.00. The molecule has 0 N–H and O–H groups in total. The summed E-state index contributed by atoms with van der Waals surface area (Å²) >= 11 is 6.07. The molecule has 0 aliphatic heterocycles. The molecular formula is C16H19ClN2. The van der Waals surface area contributed by atoms with E-state index < -0.39 is 0 Å². The minimum Gasteiger partial charge on any atom is -0.233 e. The molecule has 2 aromatic rings. The Labute approximate surface area is 119 Å². The molecule has 0 aliphatic rings. The van der Waals surface area contributed by atoms with Gasteiger partial charge >= 0.3 is 0 Å². The molecule has 1 aromatic heterocycles. The molecule has 0 saturated heterocycles. The molecule has 1 heterocycles. The summed E-state index contributed by atoms with van der Waals surface area (Å²) in [6.07, 6.45) is 0. The van der Waals surface area contributed by atoms with Crippen molar-refractivity contribution in [2.75, 3.05) is 0 Å². The first-order valence-electron chi connectivity index (χ1n) is 6.62. The molecule has 2 rings (SSSR count). The van der Waals surface area contributed by atoms with Gasteiger partial charge in [-0.05, 0) is 23.5 Å². The number of halogens is 1. The second-order valence-electron chi connectivity index (χ2n) is 5.37. The van der Waals surface area contributed by atoms with Gasteiger partial charge in [-0.25, -0.2) is 9.97 Å². The van der Waals surface area contributed by atoms with Gasteiger partial charge in [-0.1, -0.05) is 63.6 Å². The summed E-state index contributed by atoms with van der Waals surface area (Å²) < 4.78 is 0. The van der Waals surface area contributed by atoms with Crippen molar-refractivity contribution in [3.05, 3.63) is 46.7 Å². The predicted octanol–water partition coefficient (Wildman–Crippen LogP) is 5.04. The maximum Gasteiger partial charge on any atom is 0.161 e. The van der Waals surface area contributed by atoms with E-state index in [1.165, 1.54) is 5.56 Å². The highest BCUT2D eigenvalue weighted by Crippen LogP contribution is 2.23. The van der Waals surface area contributed by atoms with Crippen LogP contribution in [0.3, 0.4) is 0 Å². The zero-order valence-corrected chi connectivity index (χ0v) is 12.6. The highest BCUT2D eigenvalue weighted by molar-refractivity contribution is 6.29. The van der Waals surface area contributed by atoms with Crippen molar-refractivity contribution < 1.29 is 0 Å². The SMILES string of the molecule is CC(C)c1ccc(-c2nc(Cl)cc(C(C)C)n2)cc1. The van der Waals surface area contributed by atoms with Crippen molar-refractivity contribution in [3.8, 4) is 11.4 Å². The number of nitrogens with zero attached hydrogens (tertiary/aromatic N) is 2. The molecule has 0 fully saturated rings. The van der Waals surface area contributed by atoms with Crippen molar-refractivity contribution in [3.63, 3.8) is 0 Å². The Morgan fingerprint density at radius 3 is 2.05 bits per heavy atom. The van der Waals surface area contributed by atoms with Gasteiger partial charge < -0.3 is 0 Å². The maximum absolute atomic E-state index is 6.07. The van der Waals surface area contributed by atoms with Crippen molar-refractivity contribution in [1.82, 2.24) is 9.97 Å². The third-order valence-electron chi connectivity index (χ3n) is 3.14. The van der Waals surface area contributed by atoms with E-state index in [9.17, 15) is 0 Å². The quantitative estimate of drug-likeness (QED) is 0.733. The van der Waals surface area contributed by atoms with E-state index in [0.29, 0.717) is 22.8 Å². The Morgan fingerprint density at radius 1 is 0.895 bits per heavy atom. The summed E-state index contributed by atoms with van der Waals surface area (Å²) in [6, 6.07) is 10.2. The molecule has 0 spiro atoms. The van der Waals surface area contributed by atoms with Crippen molar-refractivity contribution in [2.24, 2.45) is 0 Å². The lowest BCUT2D eigenvalue weighted by Crippen LogP contribution is -1.98. The smallest absolute Gasteiger partial charge is 0.161 e. The maximum atomic E-state index is 6.07. The number of hydrogen-bond donors (Lipinski definition) is 0. The van der Waals surface area contributed by atoms with Crippen molar-refractivity contribution >= 4 is 11.6 Å². The van der Waals surface area contributed by atoms with E-state index in [4.69, 9.17) is 11.6 Å². The molecule has 0 unspecified atom stereocenters. The number of aromatic nitrogens is 2. The van der Waals surface area contributed by atoms with E-state index in [1.54, 1.807) is 0 Å². The summed E-state index contributed by atoms with van der Waals surface area (Å²) in [5, 5.41) is 0.502. The molecule has 100 valence electrons. The lowest BCUT2D eigenvalue weighted by atomic mass is 10.0. The van der Waals surface area contributed by atoms with Crippen LogP contribution >= 0.6 is 11.6 Å². The van der Waals surface area contributed by atoms with E-state index in [-0.39, 0.29) is 0 Å². The lowest BCUT2D eigenvalue weighted by molar-refractivity contribution is 0.816. The molecule has 0 bridgehead atoms. The van der Waals surface area contributed by atoms with E-state index >= 15 is 0 Å². The minimum absolute atomic E-state index is 0.342. The van der Waals surface area contributed by atoms with E-state index in [0.717, 1.165) is 11.3 Å². The van der Waals surface area contributed by atoms with Gasteiger partial charge in [0, 0.05) is 11.3 Å². The van der Waals surface area contributed by atoms with Gasteiger partial charge in [0.15, 0.2) is 5.82 Å². The second kappa shape index (κ2) is 5.70. The Kier molecular flexibility index (Phi) is 4.20. The number of benzene rings is 1. The highest BCUT2D eigenvalue weighted by Gasteiger charge is 2.09. The summed E-state index contributed by atoms with van der Waals surface area (Å²) in [4.78, 5) is 8.90. The molecule has 19 heavy (non-hydrogen) atoms. The van der Waals surface area contributed by atoms with Gasteiger partial charge in [0.1, 0.15) is 5.15 Å². The first kappa shape index (κ1) is 14.0. The summed E-state index contributed by atoms with van der Waals surface area (Å²) in [5.41, 5.74) is 3.30. The minimum atomic E-state index is 0.342. The molecule has 0 radical (unpaired) electrons. The summed E-state index contributed by atoms with van der Waals surface area (Å²) in [5.74, 6) is 1.57. The first-order chi connectivity index (χ1) is 8.97. The van der Waals surface area contributed by atoms with Gasteiger partial charge in [0.25, 0.3) is 0 Å². The van der Waals surface area contributed by atoms with Crippen LogP contribution in [0.2, 0.25) is 5.15 Å². The zero-order chi connectivity index (χ0) is 14.0. The van der Waals surface area contributed by atoms with Gasteiger partial charge in [-0.2, -0.15) is 0 Å². The van der Waals surface area contributed by atoms with Crippen molar-refractivity contribution in [1.29, 1.82) is 0 Å². The van der Waals surface area contributed by atoms with Gasteiger partial charge in [-0.15, -0.1) is 0 Å². The molecule has 1 aromatic carbocycles. The number of rotatable bonds is 3. The molecule has 2 nitrogen and oxygen atoms in total. The molecule has 0 amide bonds. The molecule has 3 heteroatoms. The fraction of sp³-hybridized carbons (Fsp3) is 0.375. The fourth-order valence-corrected chi connectivity index (χ4v) is 2.07. The zero-order valence-electron chi connectivity index (χ0n) is 11.8. The fourth-order valence-electron chi connectivity index (χ4n) is 1.88. The Hall–Kier alpha value is -1.41. The van der Waals surface area contributed by atoms with Gasteiger partial charge in [0.05, 0.1) is 0 Å². The average molecular weight is 275 g/mol. The van der Waals surface area contributed by atoms with Gasteiger partial charge in [-0.3, -0.25) is 0 Å². The van der Waals surface area contributed by atoms with Crippen LogP contribution < -0.4 is 0 Å². The lowest BCUT2D eigenvalue weighted by Gasteiger charge is -2.09. The van der Waals surface area contributed by atoms with Crippen molar-refractivity contribution in [2.45, 2.75) is 39.5 Å². The molecule has 0 aliphatic carbocycles. The van der Waals surface area contributed by atoms with Crippen LogP contribution in [0.4, 0.5) is 0 Å². The third-order valence-corrected chi connectivity index (χ3v) is 3.34. The molecular weight excluding hydrogens is 256 g/mol. The van der Waals surface area contributed by atoms with E-state index in [2.05, 4.69) is 61.9 Å². The monoisotopic (exact) mass is 274 g/mol. The van der Waals surface area contributed by atoms with Crippen LogP contribution in [0.5, 0.6) is 0 Å². The predicted molar refractivity (Wildman–Crippen MR) is 80.7 cm³/mol. The third kappa shape index (κ3) is 3.32. The molecule has 0 saturated carbocycles. The van der Waals surface area contributed by atoms with Crippen LogP contribution in [0.25, 0.3) is 11.4 Å². The van der Waals surface area contributed by atoms with Crippen LogP contribution in [-0.4, -0.2) is 9.97 Å². The second-order valence-corrected chi connectivity index (χ2v) is 5.76. The standard InChI is InChI=1S/C16H19ClN2/c1-10(2)12-5-7-13(8-6-12)16-18-14(11(3)4)9-15(17)19-16/h5-11H,1-4H3. The Balaban J connectivity index is 2.41. The normalized spacial score (nSPS) is 11.3. The van der Waals surface area contributed by atoms with Crippen LogP contribution in [0.1, 0.15) is 50.8 Å².